The molecule has 0 aliphatic heterocycles. The molecule has 2 aromatic carbocycles. The molecule has 0 aliphatic rings. The number of H-pyrrole nitrogens is 1. The number of anilines is 1. The summed E-state index contributed by atoms with van der Waals surface area (Å²) in [6.07, 6.45) is 3.40. The number of aromatic amines is 1. The minimum atomic E-state index is -0.175. The molecule has 4 aromatic rings. The lowest BCUT2D eigenvalue weighted by Gasteiger charge is -2.09. The highest BCUT2D eigenvalue weighted by atomic mass is 16.1. The van der Waals surface area contributed by atoms with Crippen molar-refractivity contribution in [3.05, 3.63) is 100 Å². The summed E-state index contributed by atoms with van der Waals surface area (Å²) >= 11 is 0. The van der Waals surface area contributed by atoms with Crippen LogP contribution in [-0.4, -0.2) is 25.9 Å². The van der Waals surface area contributed by atoms with Crippen molar-refractivity contribution in [2.45, 2.75) is 13.5 Å². The van der Waals surface area contributed by atoms with Crippen LogP contribution in [0.2, 0.25) is 0 Å². The van der Waals surface area contributed by atoms with Crippen molar-refractivity contribution in [1.82, 2.24) is 20.0 Å². The SMILES string of the molecule is Cc1ccc(-c2cn(Cc3cc[nH]c(=O)c3)nn2)cc1C(=O)Nc1ccccc1. The van der Waals surface area contributed by atoms with E-state index in [1.807, 2.05) is 61.5 Å². The molecule has 2 N–H and O–H groups in total. The number of carbonyl (C=O) groups is 1. The number of pyridine rings is 1. The minimum absolute atomic E-state index is 0.157. The Morgan fingerprint density at radius 2 is 1.93 bits per heavy atom. The van der Waals surface area contributed by atoms with Crippen molar-refractivity contribution < 1.29 is 4.79 Å². The summed E-state index contributed by atoms with van der Waals surface area (Å²) in [5, 5.41) is 11.3. The summed E-state index contributed by atoms with van der Waals surface area (Å²) < 4.78 is 1.66. The summed E-state index contributed by atoms with van der Waals surface area (Å²) in [6, 6.07) is 18.3. The Bertz CT molecular complexity index is 1210. The maximum Gasteiger partial charge on any atom is 0.255 e. The van der Waals surface area contributed by atoms with E-state index in [1.54, 1.807) is 17.1 Å². The molecule has 0 aliphatic carbocycles. The van der Waals surface area contributed by atoms with Crippen molar-refractivity contribution in [1.29, 1.82) is 0 Å². The van der Waals surface area contributed by atoms with Crippen LogP contribution in [0.1, 0.15) is 21.5 Å². The number of aromatic nitrogens is 4. The molecule has 4 rings (SSSR count). The summed E-state index contributed by atoms with van der Waals surface area (Å²) in [5.74, 6) is -0.175. The van der Waals surface area contributed by atoms with Gasteiger partial charge >= 0.3 is 0 Å². The Hall–Kier alpha value is -4.00. The van der Waals surface area contributed by atoms with Crippen molar-refractivity contribution in [3.8, 4) is 11.3 Å². The second-order valence-corrected chi connectivity index (χ2v) is 6.71. The quantitative estimate of drug-likeness (QED) is 0.552. The monoisotopic (exact) mass is 385 g/mol. The van der Waals surface area contributed by atoms with Gasteiger partial charge in [0.25, 0.3) is 5.91 Å². The molecule has 0 spiro atoms. The molecule has 29 heavy (non-hydrogen) atoms. The molecular formula is C22H19N5O2. The van der Waals surface area contributed by atoms with Gasteiger partial charge in [-0.2, -0.15) is 0 Å². The van der Waals surface area contributed by atoms with E-state index in [0.29, 0.717) is 17.8 Å². The Kier molecular flexibility index (Phi) is 5.03. The molecule has 0 atom stereocenters. The van der Waals surface area contributed by atoms with E-state index in [0.717, 1.165) is 22.4 Å². The first-order chi connectivity index (χ1) is 14.1. The van der Waals surface area contributed by atoms with Gasteiger partial charge in [-0.15, -0.1) is 5.10 Å². The highest BCUT2D eigenvalue weighted by Gasteiger charge is 2.13. The largest absolute Gasteiger partial charge is 0.329 e. The number of carbonyl (C=O) groups excluding carboxylic acids is 1. The third-order valence-electron chi connectivity index (χ3n) is 4.53. The zero-order chi connectivity index (χ0) is 20.2. The van der Waals surface area contributed by atoms with Crippen LogP contribution in [0.15, 0.2) is 77.9 Å². The van der Waals surface area contributed by atoms with Gasteiger partial charge in [0.1, 0.15) is 5.69 Å². The van der Waals surface area contributed by atoms with Crippen LogP contribution in [0.5, 0.6) is 0 Å². The minimum Gasteiger partial charge on any atom is -0.329 e. The average molecular weight is 385 g/mol. The van der Waals surface area contributed by atoms with Crippen molar-refractivity contribution >= 4 is 11.6 Å². The molecule has 144 valence electrons. The zero-order valence-corrected chi connectivity index (χ0v) is 15.8. The predicted octanol–water partition coefficient (Wildman–Crippen LogP) is 3.24. The molecular weight excluding hydrogens is 366 g/mol. The Balaban J connectivity index is 1.56. The number of benzene rings is 2. The Morgan fingerprint density at radius 1 is 1.10 bits per heavy atom. The van der Waals surface area contributed by atoms with E-state index >= 15 is 0 Å². The second-order valence-electron chi connectivity index (χ2n) is 6.71. The van der Waals surface area contributed by atoms with Gasteiger partial charge in [0.05, 0.1) is 12.7 Å². The third-order valence-corrected chi connectivity index (χ3v) is 4.53. The molecule has 0 unspecified atom stereocenters. The number of hydrogen-bond donors (Lipinski definition) is 2. The molecule has 0 saturated heterocycles. The van der Waals surface area contributed by atoms with Gasteiger partial charge < -0.3 is 10.3 Å². The van der Waals surface area contributed by atoms with Crippen LogP contribution >= 0.6 is 0 Å². The summed E-state index contributed by atoms with van der Waals surface area (Å²) in [4.78, 5) is 26.7. The maximum atomic E-state index is 12.7. The van der Waals surface area contributed by atoms with E-state index in [4.69, 9.17) is 0 Å². The first kappa shape index (κ1) is 18.4. The first-order valence-corrected chi connectivity index (χ1v) is 9.14. The fourth-order valence-electron chi connectivity index (χ4n) is 3.03. The molecule has 2 aromatic heterocycles. The molecule has 0 saturated carbocycles. The van der Waals surface area contributed by atoms with Crippen LogP contribution in [-0.2, 0) is 6.54 Å². The summed E-state index contributed by atoms with van der Waals surface area (Å²) in [5.41, 5.74) is 4.32. The molecule has 0 fully saturated rings. The zero-order valence-electron chi connectivity index (χ0n) is 15.8. The maximum absolute atomic E-state index is 12.7. The number of aryl methyl sites for hydroxylation is 1. The molecule has 2 heterocycles. The number of rotatable bonds is 5. The summed E-state index contributed by atoms with van der Waals surface area (Å²) in [6.45, 7) is 2.33. The van der Waals surface area contributed by atoms with Gasteiger partial charge in [-0.3, -0.25) is 9.59 Å². The van der Waals surface area contributed by atoms with Gasteiger partial charge in [-0.05, 0) is 42.3 Å². The van der Waals surface area contributed by atoms with Gasteiger partial charge in [0.2, 0.25) is 5.56 Å². The molecule has 7 heteroatoms. The van der Waals surface area contributed by atoms with Gasteiger partial charge in [0, 0.05) is 29.1 Å². The standard InChI is InChI=1S/C22H19N5O2/c1-15-7-8-17(12-19(15)22(29)24-18-5-3-2-4-6-18)20-14-27(26-25-20)13-16-9-10-23-21(28)11-16/h2-12,14H,13H2,1H3,(H,23,28)(H,24,29). The van der Waals surface area contributed by atoms with Crippen molar-refractivity contribution in [2.24, 2.45) is 0 Å². The van der Waals surface area contributed by atoms with Crippen LogP contribution < -0.4 is 10.9 Å². The fraction of sp³-hybridized carbons (Fsp3) is 0.0909. The highest BCUT2D eigenvalue weighted by Crippen LogP contribution is 2.21. The van der Waals surface area contributed by atoms with E-state index in [-0.39, 0.29) is 11.5 Å². The first-order valence-electron chi connectivity index (χ1n) is 9.14. The second kappa shape index (κ2) is 7.93. The lowest BCUT2D eigenvalue weighted by Crippen LogP contribution is -2.13. The van der Waals surface area contributed by atoms with Crippen LogP contribution in [0.25, 0.3) is 11.3 Å². The molecule has 0 radical (unpaired) electrons. The molecule has 7 nitrogen and oxygen atoms in total. The van der Waals surface area contributed by atoms with Crippen molar-refractivity contribution in [2.75, 3.05) is 5.32 Å². The van der Waals surface area contributed by atoms with E-state index < -0.39 is 0 Å². The number of hydrogen-bond acceptors (Lipinski definition) is 4. The number of nitrogens with zero attached hydrogens (tertiary/aromatic N) is 3. The lowest BCUT2D eigenvalue weighted by atomic mass is 10.0. The van der Waals surface area contributed by atoms with E-state index in [1.165, 1.54) is 6.07 Å². The Labute approximate surface area is 167 Å². The lowest BCUT2D eigenvalue weighted by molar-refractivity contribution is 0.102. The topological polar surface area (TPSA) is 92.7 Å². The van der Waals surface area contributed by atoms with Crippen LogP contribution in [0.4, 0.5) is 5.69 Å². The molecule has 1 amide bonds. The van der Waals surface area contributed by atoms with Gasteiger partial charge in [0.15, 0.2) is 0 Å². The van der Waals surface area contributed by atoms with Gasteiger partial charge in [-0.25, -0.2) is 4.68 Å². The van der Waals surface area contributed by atoms with Crippen LogP contribution in [0, 0.1) is 6.92 Å². The molecule has 0 bridgehead atoms. The highest BCUT2D eigenvalue weighted by molar-refractivity contribution is 6.05. The normalized spacial score (nSPS) is 10.7. The fourth-order valence-corrected chi connectivity index (χ4v) is 3.03. The predicted molar refractivity (Wildman–Crippen MR) is 111 cm³/mol. The summed E-state index contributed by atoms with van der Waals surface area (Å²) in [7, 11) is 0. The Morgan fingerprint density at radius 3 is 2.72 bits per heavy atom. The van der Waals surface area contributed by atoms with E-state index in [2.05, 4.69) is 20.6 Å². The smallest absolute Gasteiger partial charge is 0.255 e. The van der Waals surface area contributed by atoms with Crippen LogP contribution in [0.3, 0.4) is 0 Å². The van der Waals surface area contributed by atoms with Gasteiger partial charge in [-0.1, -0.05) is 35.5 Å². The number of nitrogens with one attached hydrogen (secondary N) is 2. The number of para-hydroxylation sites is 1. The van der Waals surface area contributed by atoms with Crippen molar-refractivity contribution in [3.63, 3.8) is 0 Å². The van der Waals surface area contributed by atoms with E-state index in [9.17, 15) is 9.59 Å². The third kappa shape index (κ3) is 4.30. The number of amides is 1. The average Bonchev–Trinajstić information content (AvgIpc) is 3.17.